The fourth-order valence-corrected chi connectivity index (χ4v) is 3.29. The van der Waals surface area contributed by atoms with Gasteiger partial charge in [-0.2, -0.15) is 0 Å². The van der Waals surface area contributed by atoms with Crippen molar-refractivity contribution < 1.29 is 17.9 Å². The van der Waals surface area contributed by atoms with Crippen LogP contribution in [0.3, 0.4) is 0 Å². The predicted octanol–water partition coefficient (Wildman–Crippen LogP) is 5.17. The van der Waals surface area contributed by atoms with Crippen molar-refractivity contribution in [2.24, 2.45) is 5.73 Å². The van der Waals surface area contributed by atoms with Gasteiger partial charge in [0, 0.05) is 33.3 Å². The van der Waals surface area contributed by atoms with E-state index in [2.05, 4.69) is 30.6 Å². The van der Waals surface area contributed by atoms with Crippen molar-refractivity contribution in [1.82, 2.24) is 9.97 Å². The predicted molar refractivity (Wildman–Crippen MR) is 97.9 cm³/mol. The molecule has 0 aliphatic carbocycles. The summed E-state index contributed by atoms with van der Waals surface area (Å²) in [5.74, 6) is -0.233. The highest BCUT2D eigenvalue weighted by Crippen LogP contribution is 2.35. The molecule has 0 radical (unpaired) electrons. The van der Waals surface area contributed by atoms with Crippen LogP contribution in [-0.2, 0) is 6.42 Å². The average molecular weight is 428 g/mol. The molecule has 3 aromatic rings. The van der Waals surface area contributed by atoms with E-state index in [9.17, 15) is 13.2 Å². The minimum absolute atomic E-state index is 0.233. The molecule has 0 aliphatic rings. The van der Waals surface area contributed by atoms with Crippen LogP contribution in [0.1, 0.15) is 18.4 Å². The molecular weight excluding hydrogens is 411 g/mol. The van der Waals surface area contributed by atoms with E-state index in [1.54, 1.807) is 18.5 Å². The van der Waals surface area contributed by atoms with Crippen molar-refractivity contribution in [1.29, 1.82) is 0 Å². The molecule has 0 saturated carbocycles. The van der Waals surface area contributed by atoms with E-state index in [1.165, 1.54) is 12.1 Å². The fraction of sp³-hybridized carbons (Fsp3) is 0.278. The van der Waals surface area contributed by atoms with Crippen LogP contribution in [0.25, 0.3) is 22.2 Å². The maximum absolute atomic E-state index is 12.5. The van der Waals surface area contributed by atoms with Crippen molar-refractivity contribution in [2.75, 3.05) is 6.54 Å². The van der Waals surface area contributed by atoms with E-state index in [0.29, 0.717) is 18.4 Å². The number of aromatic nitrogens is 2. The van der Waals surface area contributed by atoms with Gasteiger partial charge in [0.05, 0.1) is 5.69 Å². The molecule has 2 aromatic heterocycles. The first-order valence-corrected chi connectivity index (χ1v) is 8.88. The molecule has 8 heteroatoms. The highest BCUT2D eigenvalue weighted by Gasteiger charge is 2.31. The van der Waals surface area contributed by atoms with E-state index < -0.39 is 6.36 Å². The summed E-state index contributed by atoms with van der Waals surface area (Å²) in [4.78, 5) is 7.47. The van der Waals surface area contributed by atoms with Gasteiger partial charge in [0.1, 0.15) is 5.75 Å². The number of benzene rings is 1. The van der Waals surface area contributed by atoms with Crippen molar-refractivity contribution in [3.05, 3.63) is 46.7 Å². The lowest BCUT2D eigenvalue weighted by Crippen LogP contribution is -2.16. The first kappa shape index (κ1) is 18.7. The maximum Gasteiger partial charge on any atom is 0.573 e. The fourth-order valence-electron chi connectivity index (χ4n) is 2.92. The van der Waals surface area contributed by atoms with Gasteiger partial charge in [0.15, 0.2) is 0 Å². The number of ether oxygens (including phenoxy) is 1. The summed E-state index contributed by atoms with van der Waals surface area (Å²) < 4.78 is 42.5. The number of unbranched alkanes of at least 4 members (excludes halogenated alkanes) is 1. The number of fused-ring (bicyclic) bond motifs is 1. The van der Waals surface area contributed by atoms with E-state index in [1.807, 2.05) is 6.07 Å². The Labute approximate surface area is 156 Å². The second kappa shape index (κ2) is 7.67. The zero-order valence-electron chi connectivity index (χ0n) is 13.7. The Morgan fingerprint density at radius 1 is 1.15 bits per heavy atom. The van der Waals surface area contributed by atoms with Crippen LogP contribution in [0, 0.1) is 0 Å². The number of aromatic amines is 1. The maximum atomic E-state index is 12.5. The zero-order valence-corrected chi connectivity index (χ0v) is 15.3. The molecule has 0 bridgehead atoms. The van der Waals surface area contributed by atoms with Gasteiger partial charge in [-0.3, -0.25) is 4.98 Å². The highest BCUT2D eigenvalue weighted by atomic mass is 79.9. The second-order valence-corrected chi connectivity index (χ2v) is 6.79. The number of hydrogen-bond acceptors (Lipinski definition) is 3. The van der Waals surface area contributed by atoms with E-state index in [-0.39, 0.29) is 5.75 Å². The number of rotatable bonds is 6. The van der Waals surface area contributed by atoms with Crippen molar-refractivity contribution in [2.45, 2.75) is 25.6 Å². The van der Waals surface area contributed by atoms with Gasteiger partial charge in [-0.1, -0.05) is 0 Å². The molecule has 0 fully saturated rings. The Morgan fingerprint density at radius 3 is 2.65 bits per heavy atom. The standard InChI is InChI=1S/C18H17BrF3N3O/c19-12-7-11(9-24-10-12)17-14(3-1-2-6-23)15-8-13(26-18(20,21)22)4-5-16(15)25-17/h4-5,7-10,25H,1-3,6,23H2. The van der Waals surface area contributed by atoms with Crippen LogP contribution in [0.15, 0.2) is 41.1 Å². The van der Waals surface area contributed by atoms with Gasteiger partial charge in [-0.25, -0.2) is 0 Å². The summed E-state index contributed by atoms with van der Waals surface area (Å²) in [5.41, 5.74) is 8.95. The Bertz CT molecular complexity index is 908. The highest BCUT2D eigenvalue weighted by molar-refractivity contribution is 9.10. The van der Waals surface area contributed by atoms with Crippen molar-refractivity contribution in [3.8, 4) is 17.0 Å². The number of nitrogens with one attached hydrogen (secondary N) is 1. The van der Waals surface area contributed by atoms with Crippen LogP contribution in [-0.4, -0.2) is 22.9 Å². The van der Waals surface area contributed by atoms with E-state index in [4.69, 9.17) is 5.73 Å². The lowest BCUT2D eigenvalue weighted by molar-refractivity contribution is -0.274. The number of hydrogen-bond donors (Lipinski definition) is 2. The Hall–Kier alpha value is -2.06. The van der Waals surface area contributed by atoms with Gasteiger partial charge < -0.3 is 15.5 Å². The van der Waals surface area contributed by atoms with Crippen molar-refractivity contribution in [3.63, 3.8) is 0 Å². The van der Waals surface area contributed by atoms with Gasteiger partial charge >= 0.3 is 6.36 Å². The van der Waals surface area contributed by atoms with Crippen molar-refractivity contribution >= 4 is 26.8 Å². The van der Waals surface area contributed by atoms with Crippen LogP contribution in [0.5, 0.6) is 5.75 Å². The third-order valence-corrected chi connectivity index (χ3v) is 4.42. The number of alkyl halides is 3. The largest absolute Gasteiger partial charge is 0.573 e. The summed E-state index contributed by atoms with van der Waals surface area (Å²) in [5, 5.41) is 0.707. The summed E-state index contributed by atoms with van der Waals surface area (Å²) in [6.07, 6.45) is 1.03. The third-order valence-electron chi connectivity index (χ3n) is 3.99. The van der Waals surface area contributed by atoms with Gasteiger partial charge in [0.25, 0.3) is 0 Å². The Kier molecular flexibility index (Phi) is 5.52. The lowest BCUT2D eigenvalue weighted by atomic mass is 10.0. The molecule has 0 aliphatic heterocycles. The average Bonchev–Trinajstić information content (AvgIpc) is 2.92. The number of halogens is 4. The number of nitrogens with zero attached hydrogens (tertiary/aromatic N) is 1. The molecule has 0 amide bonds. The molecular formula is C18H17BrF3N3O. The summed E-state index contributed by atoms with van der Waals surface area (Å²) in [6, 6.07) is 6.24. The van der Waals surface area contributed by atoms with Crippen LogP contribution in [0.2, 0.25) is 0 Å². The molecule has 2 heterocycles. The number of H-pyrrole nitrogens is 1. The smallest absolute Gasteiger partial charge is 0.406 e. The van der Waals surface area contributed by atoms with Gasteiger partial charge in [0.2, 0.25) is 0 Å². The summed E-state index contributed by atoms with van der Waals surface area (Å²) in [7, 11) is 0. The molecule has 0 unspecified atom stereocenters. The Balaban J connectivity index is 2.09. The van der Waals surface area contributed by atoms with Crippen LogP contribution in [0.4, 0.5) is 13.2 Å². The topological polar surface area (TPSA) is 63.9 Å². The molecule has 26 heavy (non-hydrogen) atoms. The number of pyridine rings is 1. The first-order valence-electron chi connectivity index (χ1n) is 8.09. The zero-order chi connectivity index (χ0) is 18.7. The lowest BCUT2D eigenvalue weighted by Gasteiger charge is -2.09. The molecule has 0 atom stereocenters. The molecule has 3 N–H and O–H groups in total. The summed E-state index contributed by atoms with van der Waals surface area (Å²) in [6.45, 7) is 0.568. The quantitative estimate of drug-likeness (QED) is 0.533. The third kappa shape index (κ3) is 4.37. The minimum atomic E-state index is -4.72. The van der Waals surface area contributed by atoms with Gasteiger partial charge in [-0.15, -0.1) is 13.2 Å². The van der Waals surface area contributed by atoms with Crippen LogP contribution < -0.4 is 10.5 Å². The van der Waals surface area contributed by atoms with Gasteiger partial charge in [-0.05, 0) is 71.6 Å². The molecule has 0 saturated heterocycles. The van der Waals surface area contributed by atoms with E-state index in [0.717, 1.165) is 39.7 Å². The van der Waals surface area contributed by atoms with Crippen LogP contribution >= 0.6 is 15.9 Å². The second-order valence-electron chi connectivity index (χ2n) is 5.87. The molecule has 1 aromatic carbocycles. The minimum Gasteiger partial charge on any atom is -0.406 e. The molecule has 3 rings (SSSR count). The Morgan fingerprint density at radius 2 is 1.96 bits per heavy atom. The number of aryl methyl sites for hydroxylation is 1. The SMILES string of the molecule is NCCCCc1c(-c2cncc(Br)c2)[nH]c2ccc(OC(F)(F)F)cc12. The summed E-state index contributed by atoms with van der Waals surface area (Å²) >= 11 is 3.40. The number of nitrogens with two attached hydrogens (primary N) is 1. The first-order chi connectivity index (χ1) is 12.4. The molecule has 4 nitrogen and oxygen atoms in total. The normalized spacial score (nSPS) is 11.9. The monoisotopic (exact) mass is 427 g/mol. The molecule has 0 spiro atoms. The van der Waals surface area contributed by atoms with E-state index >= 15 is 0 Å². The molecule has 138 valence electrons.